The molecular weight excluding hydrogens is 449 g/mol. The molecule has 1 aromatic carbocycles. The second-order valence-corrected chi connectivity index (χ2v) is 9.05. The van der Waals surface area contributed by atoms with Gasteiger partial charge < -0.3 is 10.6 Å². The van der Waals surface area contributed by atoms with E-state index in [9.17, 15) is 8.42 Å². The van der Waals surface area contributed by atoms with Crippen LogP contribution in [0.1, 0.15) is 43.7 Å². The summed E-state index contributed by atoms with van der Waals surface area (Å²) in [4.78, 5) is 4.30. The highest BCUT2D eigenvalue weighted by atomic mass is 127. The van der Waals surface area contributed by atoms with Crippen molar-refractivity contribution in [1.82, 2.24) is 10.6 Å². The lowest BCUT2D eigenvalue weighted by Crippen LogP contribution is -2.44. The van der Waals surface area contributed by atoms with Gasteiger partial charge in [-0.15, -0.1) is 24.0 Å². The number of hydrogen-bond acceptors (Lipinski definition) is 3. The molecule has 2 N–H and O–H groups in total. The van der Waals surface area contributed by atoms with Gasteiger partial charge in [0.2, 0.25) is 0 Å². The lowest BCUT2D eigenvalue weighted by molar-refractivity contribution is 0.329. The van der Waals surface area contributed by atoms with Crippen molar-refractivity contribution in [2.75, 3.05) is 13.3 Å². The molecule has 5 nitrogen and oxygen atoms in total. The fourth-order valence-electron chi connectivity index (χ4n) is 3.03. The summed E-state index contributed by atoms with van der Waals surface area (Å²) in [7, 11) is -1.20. The van der Waals surface area contributed by atoms with Crippen molar-refractivity contribution in [3.8, 4) is 0 Å². The van der Waals surface area contributed by atoms with Gasteiger partial charge in [-0.3, -0.25) is 4.99 Å². The predicted molar refractivity (Wildman–Crippen MR) is 115 cm³/mol. The lowest BCUT2D eigenvalue weighted by atomic mass is 9.87. The number of nitrogens with zero attached hydrogens (tertiary/aromatic N) is 1. The first-order chi connectivity index (χ1) is 11.4. The molecule has 1 saturated carbocycles. The molecule has 7 heteroatoms. The molecular formula is C18H30IN3O2S. The summed E-state index contributed by atoms with van der Waals surface area (Å²) in [6.45, 7) is 2.98. The normalized spacial score (nSPS) is 21.3. The number of aliphatic imine (C=N–C) groups is 1. The van der Waals surface area contributed by atoms with Gasteiger partial charge in [0.15, 0.2) is 15.8 Å². The van der Waals surface area contributed by atoms with Crippen LogP contribution in [-0.2, 0) is 22.1 Å². The summed E-state index contributed by atoms with van der Waals surface area (Å²) in [5.41, 5.74) is 1.92. The Labute approximate surface area is 169 Å². The van der Waals surface area contributed by atoms with Crippen molar-refractivity contribution < 1.29 is 8.42 Å². The molecule has 0 heterocycles. The minimum absolute atomic E-state index is 0. The fraction of sp³-hybridized carbons (Fsp3) is 0.611. The van der Waals surface area contributed by atoms with Crippen LogP contribution in [0.2, 0.25) is 0 Å². The Morgan fingerprint density at radius 3 is 2.20 bits per heavy atom. The second kappa shape index (κ2) is 10.4. The second-order valence-electron chi connectivity index (χ2n) is 6.91. The molecule has 1 aromatic rings. The van der Waals surface area contributed by atoms with Gasteiger partial charge in [0.05, 0.1) is 5.75 Å². The van der Waals surface area contributed by atoms with E-state index in [-0.39, 0.29) is 29.7 Å². The van der Waals surface area contributed by atoms with Crippen molar-refractivity contribution in [2.24, 2.45) is 10.9 Å². The largest absolute Gasteiger partial charge is 0.354 e. The van der Waals surface area contributed by atoms with E-state index >= 15 is 0 Å². The summed E-state index contributed by atoms with van der Waals surface area (Å²) in [6.07, 6.45) is 6.20. The zero-order chi connectivity index (χ0) is 17.6. The third-order valence-electron chi connectivity index (χ3n) is 4.49. The molecule has 142 valence electrons. The molecule has 0 aromatic heterocycles. The average molecular weight is 479 g/mol. The van der Waals surface area contributed by atoms with Gasteiger partial charge in [0.1, 0.15) is 0 Å². The molecule has 1 aliphatic rings. The maximum atomic E-state index is 11.3. The quantitative estimate of drug-likeness (QED) is 0.387. The van der Waals surface area contributed by atoms with Crippen molar-refractivity contribution in [3.63, 3.8) is 0 Å². The summed E-state index contributed by atoms with van der Waals surface area (Å²) in [5.74, 6) is 1.75. The number of rotatable bonds is 5. The minimum atomic E-state index is -2.98. The number of guanidine groups is 1. The van der Waals surface area contributed by atoms with E-state index in [2.05, 4.69) is 22.5 Å². The van der Waals surface area contributed by atoms with E-state index in [0.717, 1.165) is 23.0 Å². The molecule has 2 rings (SSSR count). The predicted octanol–water partition coefficient (Wildman–Crippen LogP) is 3.09. The van der Waals surface area contributed by atoms with Crippen LogP contribution in [-0.4, -0.2) is 33.7 Å². The van der Waals surface area contributed by atoms with Crippen LogP contribution >= 0.6 is 24.0 Å². The van der Waals surface area contributed by atoms with Crippen LogP contribution in [0.25, 0.3) is 0 Å². The van der Waals surface area contributed by atoms with E-state index in [0.29, 0.717) is 12.6 Å². The van der Waals surface area contributed by atoms with Crippen LogP contribution in [0.4, 0.5) is 0 Å². The molecule has 0 spiro atoms. The highest BCUT2D eigenvalue weighted by molar-refractivity contribution is 14.0. The molecule has 25 heavy (non-hydrogen) atoms. The molecule has 0 atom stereocenters. The van der Waals surface area contributed by atoms with E-state index in [1.165, 1.54) is 31.9 Å². The number of halogens is 1. The van der Waals surface area contributed by atoms with Crippen molar-refractivity contribution in [2.45, 2.75) is 50.9 Å². The maximum Gasteiger partial charge on any atom is 0.191 e. The summed E-state index contributed by atoms with van der Waals surface area (Å²) >= 11 is 0. The maximum absolute atomic E-state index is 11.3. The first-order valence-electron chi connectivity index (χ1n) is 8.58. The van der Waals surface area contributed by atoms with Gasteiger partial charge in [0.25, 0.3) is 0 Å². The van der Waals surface area contributed by atoms with Gasteiger partial charge in [-0.25, -0.2) is 8.42 Å². The minimum Gasteiger partial charge on any atom is -0.354 e. The summed E-state index contributed by atoms with van der Waals surface area (Å²) in [5, 5.41) is 6.83. The standard InChI is InChI=1S/C18H29N3O2S.HI/c1-14-4-10-17(11-5-14)21-18(19-2)20-12-15-6-8-16(9-7-15)13-24(3,22)23;/h6-9,14,17H,4-5,10-13H2,1-3H3,(H2,19,20,21);1H. The molecule has 0 saturated heterocycles. The Hall–Kier alpha value is -0.830. The molecule has 0 radical (unpaired) electrons. The van der Waals surface area contributed by atoms with Crippen LogP contribution in [0.3, 0.4) is 0 Å². The SMILES string of the molecule is CN=C(NCc1ccc(CS(C)(=O)=O)cc1)NC1CCC(C)CC1.I. The van der Waals surface area contributed by atoms with E-state index in [4.69, 9.17) is 0 Å². The Morgan fingerprint density at radius 2 is 1.68 bits per heavy atom. The molecule has 0 aliphatic heterocycles. The van der Waals surface area contributed by atoms with Gasteiger partial charge in [0, 0.05) is 25.9 Å². The van der Waals surface area contributed by atoms with E-state index in [1.54, 1.807) is 7.05 Å². The zero-order valence-corrected chi connectivity index (χ0v) is 18.4. The number of hydrogen-bond donors (Lipinski definition) is 2. The zero-order valence-electron chi connectivity index (χ0n) is 15.3. The Bertz CT molecular complexity index is 651. The molecule has 1 fully saturated rings. The van der Waals surface area contributed by atoms with Gasteiger partial charge >= 0.3 is 0 Å². The smallest absolute Gasteiger partial charge is 0.191 e. The van der Waals surface area contributed by atoms with Crippen LogP contribution in [0.15, 0.2) is 29.3 Å². The Balaban J connectivity index is 0.00000312. The highest BCUT2D eigenvalue weighted by Gasteiger charge is 2.18. The molecule has 0 bridgehead atoms. The first kappa shape index (κ1) is 22.2. The number of nitrogens with one attached hydrogen (secondary N) is 2. The molecule has 1 aliphatic carbocycles. The summed E-state index contributed by atoms with van der Waals surface area (Å²) in [6, 6.07) is 8.17. The monoisotopic (exact) mass is 479 g/mol. The van der Waals surface area contributed by atoms with Crippen molar-refractivity contribution >= 4 is 39.8 Å². The fourth-order valence-corrected chi connectivity index (χ4v) is 3.83. The molecule has 0 amide bonds. The van der Waals surface area contributed by atoms with Crippen LogP contribution in [0.5, 0.6) is 0 Å². The Morgan fingerprint density at radius 1 is 1.12 bits per heavy atom. The first-order valence-corrected chi connectivity index (χ1v) is 10.6. The third-order valence-corrected chi connectivity index (χ3v) is 5.35. The van der Waals surface area contributed by atoms with Crippen LogP contribution in [0, 0.1) is 5.92 Å². The van der Waals surface area contributed by atoms with Gasteiger partial charge in [-0.2, -0.15) is 0 Å². The van der Waals surface area contributed by atoms with E-state index < -0.39 is 9.84 Å². The highest BCUT2D eigenvalue weighted by Crippen LogP contribution is 2.23. The Kier molecular flexibility index (Phi) is 9.20. The topological polar surface area (TPSA) is 70.6 Å². The number of benzene rings is 1. The lowest BCUT2D eigenvalue weighted by Gasteiger charge is -2.28. The number of sulfone groups is 1. The average Bonchev–Trinajstić information content (AvgIpc) is 2.53. The van der Waals surface area contributed by atoms with Crippen molar-refractivity contribution in [1.29, 1.82) is 0 Å². The third kappa shape index (κ3) is 8.40. The molecule has 0 unspecified atom stereocenters. The van der Waals surface area contributed by atoms with Crippen LogP contribution < -0.4 is 10.6 Å². The van der Waals surface area contributed by atoms with Gasteiger partial charge in [-0.05, 0) is 42.7 Å². The summed E-state index contributed by atoms with van der Waals surface area (Å²) < 4.78 is 22.6. The van der Waals surface area contributed by atoms with Crippen molar-refractivity contribution in [3.05, 3.63) is 35.4 Å². The van der Waals surface area contributed by atoms with Gasteiger partial charge in [-0.1, -0.05) is 31.2 Å². The van der Waals surface area contributed by atoms with E-state index in [1.807, 2.05) is 24.3 Å².